The first-order valence-electron chi connectivity index (χ1n) is 12.6. The van der Waals surface area contributed by atoms with Gasteiger partial charge in [-0.25, -0.2) is 9.18 Å². The summed E-state index contributed by atoms with van der Waals surface area (Å²) in [6.07, 6.45) is 4.58. The van der Waals surface area contributed by atoms with Crippen LogP contribution in [0, 0.1) is 17.7 Å². The number of benzene rings is 2. The van der Waals surface area contributed by atoms with Gasteiger partial charge in [-0.3, -0.25) is 0 Å². The van der Waals surface area contributed by atoms with Gasteiger partial charge in [-0.2, -0.15) is 0 Å². The third kappa shape index (κ3) is 4.26. The Balaban J connectivity index is 1.23. The SMILES string of the molecule is O=C(O)c1ccc(C2(O)[C@@H]3CC[C@H]2CC(OCc2c(-c4c(Cl)cccc4Cl)noc2C2CC2)C3)c(F)c1. The maximum absolute atomic E-state index is 14.9. The molecule has 3 saturated carbocycles. The standard InChI is InChI=1S/C28H26Cl2FNO5/c29-21-2-1-3-22(30)24(21)25-19(26(37-32-25)14-4-5-14)13-36-18-11-16-7-8-17(12-18)28(16,35)20-9-6-15(27(33)34)10-23(20)31/h1-3,6,9-10,14,16-18,35H,4-5,7-8,11-13H2,(H,33,34)/t16-,17+,18?,28?. The second-order valence-electron chi connectivity index (χ2n) is 10.4. The summed E-state index contributed by atoms with van der Waals surface area (Å²) < 4.78 is 27.1. The number of carbonyl (C=O) groups is 1. The Bertz CT molecular complexity index is 1340. The van der Waals surface area contributed by atoms with Crippen LogP contribution in [0.15, 0.2) is 40.9 Å². The smallest absolute Gasteiger partial charge is 0.335 e. The van der Waals surface area contributed by atoms with Crippen LogP contribution in [-0.4, -0.2) is 27.4 Å². The van der Waals surface area contributed by atoms with Crippen LogP contribution in [0.2, 0.25) is 10.0 Å². The number of aromatic nitrogens is 1. The zero-order valence-electron chi connectivity index (χ0n) is 19.9. The van der Waals surface area contributed by atoms with Crippen LogP contribution < -0.4 is 0 Å². The maximum Gasteiger partial charge on any atom is 0.335 e. The fourth-order valence-corrected chi connectivity index (χ4v) is 6.88. The first-order valence-corrected chi connectivity index (χ1v) is 13.3. The van der Waals surface area contributed by atoms with Gasteiger partial charge in [-0.05, 0) is 74.6 Å². The van der Waals surface area contributed by atoms with Gasteiger partial charge in [0.2, 0.25) is 0 Å². The quantitative estimate of drug-likeness (QED) is 0.333. The second kappa shape index (κ2) is 9.38. The molecule has 3 aliphatic rings. The Labute approximate surface area is 223 Å². The van der Waals surface area contributed by atoms with Gasteiger partial charge in [0.05, 0.1) is 33.9 Å². The van der Waals surface area contributed by atoms with Gasteiger partial charge >= 0.3 is 5.97 Å². The van der Waals surface area contributed by atoms with Gasteiger partial charge in [-0.1, -0.05) is 40.5 Å². The topological polar surface area (TPSA) is 92.8 Å². The van der Waals surface area contributed by atoms with Crippen molar-refractivity contribution in [1.82, 2.24) is 5.16 Å². The molecule has 0 aliphatic heterocycles. The summed E-state index contributed by atoms with van der Waals surface area (Å²) in [6.45, 7) is 0.274. The van der Waals surface area contributed by atoms with Crippen molar-refractivity contribution in [1.29, 1.82) is 0 Å². The van der Waals surface area contributed by atoms with E-state index in [1.54, 1.807) is 18.2 Å². The van der Waals surface area contributed by atoms with E-state index >= 15 is 0 Å². The van der Waals surface area contributed by atoms with Gasteiger partial charge in [0, 0.05) is 22.6 Å². The molecule has 3 aliphatic carbocycles. The van der Waals surface area contributed by atoms with Crippen LogP contribution in [0.1, 0.15) is 71.7 Å². The molecule has 9 heteroatoms. The van der Waals surface area contributed by atoms with Crippen LogP contribution >= 0.6 is 23.2 Å². The molecule has 2 N–H and O–H groups in total. The zero-order chi connectivity index (χ0) is 25.9. The molecule has 2 aromatic carbocycles. The zero-order valence-corrected chi connectivity index (χ0v) is 21.4. The molecule has 0 radical (unpaired) electrons. The Kier molecular flexibility index (Phi) is 6.30. The van der Waals surface area contributed by atoms with Gasteiger partial charge in [0.15, 0.2) is 0 Å². The van der Waals surface area contributed by atoms with E-state index in [0.29, 0.717) is 40.1 Å². The predicted molar refractivity (Wildman–Crippen MR) is 135 cm³/mol. The van der Waals surface area contributed by atoms with Gasteiger partial charge in [-0.15, -0.1) is 0 Å². The maximum atomic E-state index is 14.9. The van der Waals surface area contributed by atoms with E-state index in [1.165, 1.54) is 12.1 Å². The van der Waals surface area contributed by atoms with Crippen molar-refractivity contribution in [2.75, 3.05) is 0 Å². The monoisotopic (exact) mass is 545 g/mol. The third-order valence-electron chi connectivity index (χ3n) is 8.28. The molecule has 37 heavy (non-hydrogen) atoms. The lowest BCUT2D eigenvalue weighted by Gasteiger charge is -2.43. The van der Waals surface area contributed by atoms with Gasteiger partial charge in [0.1, 0.15) is 17.3 Å². The average molecular weight is 546 g/mol. The number of carboxylic acid groups (broad SMARTS) is 1. The van der Waals surface area contributed by atoms with Crippen molar-refractivity contribution in [3.63, 3.8) is 0 Å². The number of hydrogen-bond donors (Lipinski definition) is 2. The molecule has 1 aromatic heterocycles. The Morgan fingerprint density at radius 1 is 1.11 bits per heavy atom. The van der Waals surface area contributed by atoms with E-state index in [9.17, 15) is 19.4 Å². The summed E-state index contributed by atoms with van der Waals surface area (Å²) in [5.41, 5.74) is 0.763. The first-order chi connectivity index (χ1) is 17.8. The molecule has 2 unspecified atom stereocenters. The van der Waals surface area contributed by atoms with E-state index in [2.05, 4.69) is 5.16 Å². The van der Waals surface area contributed by atoms with Crippen molar-refractivity contribution in [2.24, 2.45) is 11.8 Å². The van der Waals surface area contributed by atoms with Gasteiger partial charge < -0.3 is 19.5 Å². The molecule has 4 atom stereocenters. The summed E-state index contributed by atoms with van der Waals surface area (Å²) >= 11 is 12.9. The molecular formula is C28H26Cl2FNO5. The first kappa shape index (κ1) is 24.9. The molecule has 6 rings (SSSR count). The normalized spacial score (nSPS) is 27.0. The van der Waals surface area contributed by atoms with Crippen molar-refractivity contribution in [3.05, 3.63) is 74.7 Å². The largest absolute Gasteiger partial charge is 0.478 e. The summed E-state index contributed by atoms with van der Waals surface area (Å²) in [7, 11) is 0. The van der Waals surface area contributed by atoms with Crippen molar-refractivity contribution < 1.29 is 28.7 Å². The lowest BCUT2D eigenvalue weighted by Crippen LogP contribution is -2.45. The van der Waals surface area contributed by atoms with Crippen molar-refractivity contribution >= 4 is 29.2 Å². The van der Waals surface area contributed by atoms with E-state index in [-0.39, 0.29) is 35.7 Å². The van der Waals surface area contributed by atoms with Crippen LogP contribution in [0.4, 0.5) is 4.39 Å². The van der Waals surface area contributed by atoms with Gasteiger partial charge in [0.25, 0.3) is 0 Å². The van der Waals surface area contributed by atoms with Crippen LogP contribution in [0.5, 0.6) is 0 Å². The molecular weight excluding hydrogens is 520 g/mol. The fraction of sp³-hybridized carbons (Fsp3) is 0.429. The molecule has 0 saturated heterocycles. The summed E-state index contributed by atoms with van der Waals surface area (Å²) in [5, 5.41) is 26.2. The summed E-state index contributed by atoms with van der Waals surface area (Å²) in [5.74, 6) is -1.14. The number of carboxylic acids is 1. The number of fused-ring (bicyclic) bond motifs is 2. The highest BCUT2D eigenvalue weighted by atomic mass is 35.5. The van der Waals surface area contributed by atoms with E-state index in [0.717, 1.165) is 43.1 Å². The van der Waals surface area contributed by atoms with Crippen LogP contribution in [0.25, 0.3) is 11.3 Å². The van der Waals surface area contributed by atoms with E-state index in [4.69, 9.17) is 32.5 Å². The minimum Gasteiger partial charge on any atom is -0.478 e. The second-order valence-corrected chi connectivity index (χ2v) is 11.3. The van der Waals surface area contributed by atoms with Crippen LogP contribution in [-0.2, 0) is 16.9 Å². The summed E-state index contributed by atoms with van der Waals surface area (Å²) in [6, 6.07) is 9.08. The number of aromatic carboxylic acids is 1. The predicted octanol–water partition coefficient (Wildman–Crippen LogP) is 6.96. The Morgan fingerprint density at radius 2 is 1.78 bits per heavy atom. The number of aliphatic hydroxyl groups is 1. The minimum absolute atomic E-state index is 0.129. The highest BCUT2D eigenvalue weighted by molar-refractivity contribution is 6.39. The lowest BCUT2D eigenvalue weighted by atomic mass is 9.69. The van der Waals surface area contributed by atoms with E-state index in [1.807, 2.05) is 0 Å². The molecule has 0 spiro atoms. The molecule has 3 aromatic rings. The number of rotatable bonds is 7. The molecule has 0 amide bonds. The third-order valence-corrected chi connectivity index (χ3v) is 8.91. The number of ether oxygens (including phenoxy) is 1. The van der Waals surface area contributed by atoms with Crippen molar-refractivity contribution in [3.8, 4) is 11.3 Å². The van der Waals surface area contributed by atoms with Crippen LogP contribution in [0.3, 0.4) is 0 Å². The molecule has 194 valence electrons. The summed E-state index contributed by atoms with van der Waals surface area (Å²) in [4.78, 5) is 11.2. The molecule has 1 heterocycles. The molecule has 6 nitrogen and oxygen atoms in total. The Hall–Kier alpha value is -2.45. The highest BCUT2D eigenvalue weighted by Crippen LogP contribution is 2.56. The number of nitrogens with zero attached hydrogens (tertiary/aromatic N) is 1. The van der Waals surface area contributed by atoms with Crippen molar-refractivity contribution in [2.45, 2.75) is 62.8 Å². The van der Waals surface area contributed by atoms with E-state index < -0.39 is 17.4 Å². The molecule has 3 fully saturated rings. The Morgan fingerprint density at radius 3 is 2.38 bits per heavy atom. The number of hydrogen-bond acceptors (Lipinski definition) is 5. The average Bonchev–Trinajstić information content (AvgIpc) is 3.60. The minimum atomic E-state index is -1.34. The number of halogens is 3. The lowest BCUT2D eigenvalue weighted by molar-refractivity contribution is -0.117. The highest BCUT2D eigenvalue weighted by Gasteiger charge is 2.55. The fourth-order valence-electron chi connectivity index (χ4n) is 6.30. The molecule has 2 bridgehead atoms.